The van der Waals surface area contributed by atoms with Crippen LogP contribution in [0.3, 0.4) is 0 Å². The molecule has 0 aromatic carbocycles. The molecule has 0 heterocycles. The largest absolute Gasteiger partial charge is 0.469 e. The Morgan fingerprint density at radius 2 is 1.91 bits per heavy atom. The molecular weight excluding hydrogens is 351 g/mol. The van der Waals surface area contributed by atoms with E-state index in [4.69, 9.17) is 9.79 Å². The lowest BCUT2D eigenvalue weighted by atomic mass is 9.87. The second kappa shape index (κ2) is 10.2. The number of hydroxylamine groups is 1. The predicted molar refractivity (Wildman–Crippen MR) is 83.4 cm³/mol. The van der Waals surface area contributed by atoms with E-state index in [0.29, 0.717) is 12.3 Å². The first-order chi connectivity index (χ1) is 10.5. The number of amides is 1. The van der Waals surface area contributed by atoms with E-state index in [1.807, 2.05) is 0 Å². The fraction of sp³-hybridized carbons (Fsp3) is 0.818. The molecule has 0 aromatic rings. The summed E-state index contributed by atoms with van der Waals surface area (Å²) < 4.78 is 15.0. The van der Waals surface area contributed by atoms with Crippen LogP contribution in [-0.4, -0.2) is 58.3 Å². The van der Waals surface area contributed by atoms with Crippen LogP contribution in [0.25, 0.3) is 0 Å². The maximum Gasteiger partial charge on any atom is 0.469 e. The number of rotatable bonds is 11. The number of carbonyl (C=O) groups excluding carboxylic acids is 2. The van der Waals surface area contributed by atoms with Gasteiger partial charge in [-0.2, -0.15) is 18.1 Å². The van der Waals surface area contributed by atoms with Crippen LogP contribution in [0.2, 0.25) is 0 Å². The molecule has 5 N–H and O–H groups in total. The quantitative estimate of drug-likeness (QED) is 0.115. The molecule has 0 spiro atoms. The van der Waals surface area contributed by atoms with Crippen LogP contribution in [0.5, 0.6) is 0 Å². The van der Waals surface area contributed by atoms with Crippen molar-refractivity contribution in [3.05, 3.63) is 0 Å². The molecule has 0 fully saturated rings. The third-order valence-corrected chi connectivity index (χ3v) is 3.31. The van der Waals surface area contributed by atoms with Gasteiger partial charge in [-0.3, -0.25) is 14.1 Å². The Kier molecular flexibility index (Phi) is 9.94. The molecular formula is C11H23N2O8PS. The third kappa shape index (κ3) is 10.7. The van der Waals surface area contributed by atoms with E-state index in [1.165, 1.54) is 13.8 Å². The molecule has 23 heavy (non-hydrogen) atoms. The Morgan fingerprint density at radius 3 is 2.43 bits per heavy atom. The number of aliphatic hydroxyl groups excluding tert-OH is 1. The number of phosphoric ester groups is 1. The molecule has 0 bridgehead atoms. The number of hydrogen-bond donors (Lipinski definition) is 6. The summed E-state index contributed by atoms with van der Waals surface area (Å²) in [5.41, 5.74) is 1.14. The van der Waals surface area contributed by atoms with Crippen molar-refractivity contribution in [2.75, 3.05) is 25.4 Å². The van der Waals surface area contributed by atoms with E-state index in [0.717, 1.165) is 0 Å². The highest BCUT2D eigenvalue weighted by atomic mass is 32.1. The van der Waals surface area contributed by atoms with E-state index in [9.17, 15) is 19.3 Å². The minimum absolute atomic E-state index is 0.0628. The van der Waals surface area contributed by atoms with Gasteiger partial charge in [0.15, 0.2) is 0 Å². The summed E-state index contributed by atoms with van der Waals surface area (Å²) in [4.78, 5) is 44.9. The fourth-order valence-corrected chi connectivity index (χ4v) is 1.89. The second-order valence-electron chi connectivity index (χ2n) is 5.29. The summed E-state index contributed by atoms with van der Waals surface area (Å²) in [5, 5.41) is 12.2. The van der Waals surface area contributed by atoms with E-state index in [2.05, 4.69) is 32.8 Å². The van der Waals surface area contributed by atoms with Crippen molar-refractivity contribution in [1.82, 2.24) is 10.8 Å². The molecule has 136 valence electrons. The zero-order chi connectivity index (χ0) is 18.1. The van der Waals surface area contributed by atoms with Crippen LogP contribution in [0.15, 0.2) is 0 Å². The Hall–Kier alpha value is -0.680. The Morgan fingerprint density at radius 1 is 1.30 bits per heavy atom. The molecule has 0 aliphatic rings. The molecule has 10 nitrogen and oxygen atoms in total. The van der Waals surface area contributed by atoms with Crippen molar-refractivity contribution in [1.29, 1.82) is 0 Å². The number of aliphatic hydroxyl groups is 1. The maximum atomic E-state index is 11.8. The highest BCUT2D eigenvalue weighted by molar-refractivity contribution is 7.80. The summed E-state index contributed by atoms with van der Waals surface area (Å²) in [7, 11) is -4.70. The maximum absolute atomic E-state index is 11.8. The molecule has 0 radical (unpaired) electrons. The number of nitrogens with one attached hydrogen (secondary N) is 2. The minimum atomic E-state index is -4.70. The summed E-state index contributed by atoms with van der Waals surface area (Å²) in [6.45, 7) is 2.60. The second-order valence-corrected chi connectivity index (χ2v) is 6.97. The van der Waals surface area contributed by atoms with Gasteiger partial charge >= 0.3 is 13.8 Å². The molecule has 1 atom stereocenters. The Labute approximate surface area is 139 Å². The molecule has 0 aliphatic heterocycles. The lowest BCUT2D eigenvalue weighted by Crippen LogP contribution is -2.46. The number of hydrogen-bond acceptors (Lipinski definition) is 8. The normalized spacial score (nSPS) is 13.5. The summed E-state index contributed by atoms with van der Waals surface area (Å²) >= 11 is 3.91. The fourth-order valence-electron chi connectivity index (χ4n) is 1.30. The Bertz CT molecular complexity index is 442. The first-order valence-electron chi connectivity index (χ1n) is 6.69. The van der Waals surface area contributed by atoms with Gasteiger partial charge in [0, 0.05) is 24.3 Å². The van der Waals surface area contributed by atoms with Crippen LogP contribution in [-0.2, 0) is 23.5 Å². The molecule has 0 unspecified atom stereocenters. The zero-order valence-corrected chi connectivity index (χ0v) is 14.7. The number of carbonyl (C=O) groups is 2. The average molecular weight is 374 g/mol. The SMILES string of the molecule is CC(C)(COP(=O)(O)O)[C@@H](O)C(=O)NCCC(=O)ONCCS. The van der Waals surface area contributed by atoms with Crippen molar-refractivity contribution in [3.63, 3.8) is 0 Å². The third-order valence-electron chi connectivity index (χ3n) is 2.62. The standard InChI is InChI=1S/C11H23N2O8PS/c1-11(2,7-20-22(17,18)19)9(15)10(16)12-4-3-8(14)21-13-5-6-23/h9,13,15,23H,3-7H2,1-2H3,(H,12,16)(H2,17,18,19)/t9-/m0/s1. The van der Waals surface area contributed by atoms with Gasteiger partial charge in [0.25, 0.3) is 0 Å². The first-order valence-corrected chi connectivity index (χ1v) is 8.85. The van der Waals surface area contributed by atoms with Crippen LogP contribution in [0, 0.1) is 5.41 Å². The van der Waals surface area contributed by atoms with Crippen molar-refractivity contribution in [3.8, 4) is 0 Å². The topological polar surface area (TPSA) is 154 Å². The highest BCUT2D eigenvalue weighted by Gasteiger charge is 2.35. The van der Waals surface area contributed by atoms with E-state index < -0.39 is 37.8 Å². The lowest BCUT2D eigenvalue weighted by Gasteiger charge is -2.29. The molecule has 0 rings (SSSR count). The van der Waals surface area contributed by atoms with Gasteiger partial charge in [-0.25, -0.2) is 4.57 Å². The van der Waals surface area contributed by atoms with Gasteiger partial charge in [-0.1, -0.05) is 13.8 Å². The summed E-state index contributed by atoms with van der Waals surface area (Å²) in [6.07, 6.45) is -1.69. The number of phosphoric acid groups is 1. The number of thiol groups is 1. The first kappa shape index (κ1) is 22.3. The van der Waals surface area contributed by atoms with Gasteiger partial charge in [-0.05, 0) is 0 Å². The lowest BCUT2D eigenvalue weighted by molar-refractivity contribution is -0.150. The van der Waals surface area contributed by atoms with E-state index >= 15 is 0 Å². The van der Waals surface area contributed by atoms with Crippen molar-refractivity contribution < 1.29 is 38.4 Å². The molecule has 0 aliphatic carbocycles. The predicted octanol–water partition coefficient (Wildman–Crippen LogP) is -1.03. The van der Waals surface area contributed by atoms with E-state index in [1.54, 1.807) is 0 Å². The molecule has 0 saturated carbocycles. The zero-order valence-electron chi connectivity index (χ0n) is 12.9. The van der Waals surface area contributed by atoms with Gasteiger partial charge in [0.2, 0.25) is 5.91 Å². The highest BCUT2D eigenvalue weighted by Crippen LogP contribution is 2.38. The Balaban J connectivity index is 4.18. The van der Waals surface area contributed by atoms with Crippen LogP contribution < -0.4 is 10.8 Å². The summed E-state index contributed by atoms with van der Waals surface area (Å²) in [6, 6.07) is 0. The molecule has 1 amide bonds. The minimum Gasteiger partial charge on any atom is -0.383 e. The molecule has 0 saturated heterocycles. The molecule has 0 aromatic heterocycles. The van der Waals surface area contributed by atoms with Crippen LogP contribution in [0.1, 0.15) is 20.3 Å². The smallest absolute Gasteiger partial charge is 0.383 e. The van der Waals surface area contributed by atoms with Crippen molar-refractivity contribution >= 4 is 32.3 Å². The van der Waals surface area contributed by atoms with Gasteiger partial charge in [-0.15, -0.1) is 0 Å². The van der Waals surface area contributed by atoms with Gasteiger partial charge in [0.1, 0.15) is 6.10 Å². The van der Waals surface area contributed by atoms with Crippen molar-refractivity contribution in [2.24, 2.45) is 5.41 Å². The van der Waals surface area contributed by atoms with Gasteiger partial charge in [0.05, 0.1) is 13.0 Å². The average Bonchev–Trinajstić information content (AvgIpc) is 2.44. The monoisotopic (exact) mass is 374 g/mol. The van der Waals surface area contributed by atoms with Gasteiger partial charge < -0.3 is 25.0 Å². The summed E-state index contributed by atoms with van der Waals surface area (Å²) in [5.74, 6) is -0.895. The van der Waals surface area contributed by atoms with Crippen LogP contribution in [0.4, 0.5) is 0 Å². The van der Waals surface area contributed by atoms with Crippen LogP contribution >= 0.6 is 20.5 Å². The van der Waals surface area contributed by atoms with Crippen molar-refractivity contribution in [2.45, 2.75) is 26.4 Å². The van der Waals surface area contributed by atoms with E-state index in [-0.39, 0.29) is 13.0 Å². The molecule has 12 heteroatoms.